The quantitative estimate of drug-likeness (QED) is 0.610. The van der Waals surface area contributed by atoms with E-state index in [0.717, 1.165) is 22.3 Å². The lowest BCUT2D eigenvalue weighted by Crippen LogP contribution is -2.30. The molecule has 0 atom stereocenters. The average molecular weight is 321 g/mol. The van der Waals surface area contributed by atoms with Crippen LogP contribution in [0, 0.1) is 0 Å². The molecule has 0 saturated carbocycles. The smallest absolute Gasteiger partial charge is 0.224 e. The number of amides is 1. The Morgan fingerprint density at radius 3 is 2.75 bits per heavy atom. The highest BCUT2D eigenvalue weighted by Crippen LogP contribution is 2.14. The molecule has 1 amide bonds. The second kappa shape index (κ2) is 7.46. The summed E-state index contributed by atoms with van der Waals surface area (Å²) in [5, 5.41) is 16.5. The lowest BCUT2D eigenvalue weighted by atomic mass is 10.1. The van der Waals surface area contributed by atoms with E-state index < -0.39 is 0 Å². The molecule has 0 fully saturated rings. The molecule has 122 valence electrons. The van der Waals surface area contributed by atoms with Gasteiger partial charge in [0.25, 0.3) is 0 Å². The summed E-state index contributed by atoms with van der Waals surface area (Å²) in [6.07, 6.45) is 0.253. The van der Waals surface area contributed by atoms with Gasteiger partial charge in [-0.3, -0.25) is 4.79 Å². The SMILES string of the molecule is O=C(Cc1cccc(O)c1)NCCNc1ccc2ccccc2n1. The molecular formula is C19H19N3O2. The molecule has 0 spiro atoms. The zero-order valence-corrected chi connectivity index (χ0v) is 13.2. The van der Waals surface area contributed by atoms with Gasteiger partial charge in [-0.25, -0.2) is 4.98 Å². The Balaban J connectivity index is 1.45. The van der Waals surface area contributed by atoms with Crippen LogP contribution in [0.15, 0.2) is 60.7 Å². The highest BCUT2D eigenvalue weighted by molar-refractivity contribution is 5.80. The number of nitrogens with one attached hydrogen (secondary N) is 2. The predicted octanol–water partition coefficient (Wildman–Crippen LogP) is 2.71. The molecule has 5 heteroatoms. The molecule has 0 saturated heterocycles. The zero-order chi connectivity index (χ0) is 16.8. The highest BCUT2D eigenvalue weighted by atomic mass is 16.3. The van der Waals surface area contributed by atoms with E-state index in [1.807, 2.05) is 42.5 Å². The molecule has 0 radical (unpaired) electrons. The van der Waals surface area contributed by atoms with Crippen LogP contribution >= 0.6 is 0 Å². The summed E-state index contributed by atoms with van der Waals surface area (Å²) < 4.78 is 0. The second-order valence-corrected chi connectivity index (χ2v) is 5.51. The fourth-order valence-electron chi connectivity index (χ4n) is 2.47. The van der Waals surface area contributed by atoms with Crippen molar-refractivity contribution in [2.75, 3.05) is 18.4 Å². The molecule has 1 heterocycles. The number of carbonyl (C=O) groups is 1. The first-order valence-electron chi connectivity index (χ1n) is 7.85. The first-order chi connectivity index (χ1) is 11.7. The Morgan fingerprint density at radius 2 is 1.88 bits per heavy atom. The van der Waals surface area contributed by atoms with Crippen LogP contribution in [0.1, 0.15) is 5.56 Å². The van der Waals surface area contributed by atoms with Gasteiger partial charge in [-0.1, -0.05) is 30.3 Å². The molecule has 24 heavy (non-hydrogen) atoms. The maximum Gasteiger partial charge on any atom is 0.224 e. The molecular weight excluding hydrogens is 302 g/mol. The largest absolute Gasteiger partial charge is 0.508 e. The van der Waals surface area contributed by atoms with Gasteiger partial charge in [-0.05, 0) is 35.9 Å². The topological polar surface area (TPSA) is 74.2 Å². The lowest BCUT2D eigenvalue weighted by Gasteiger charge is -2.08. The van der Waals surface area contributed by atoms with Crippen molar-refractivity contribution in [2.24, 2.45) is 0 Å². The monoisotopic (exact) mass is 321 g/mol. The number of anilines is 1. The number of phenolic OH excluding ortho intramolecular Hbond substituents is 1. The minimum absolute atomic E-state index is 0.0751. The number of pyridine rings is 1. The Morgan fingerprint density at radius 1 is 1.00 bits per heavy atom. The molecule has 1 aromatic heterocycles. The van der Waals surface area contributed by atoms with Gasteiger partial charge in [-0.2, -0.15) is 0 Å². The number of hydrogen-bond acceptors (Lipinski definition) is 4. The van der Waals surface area contributed by atoms with Crippen molar-refractivity contribution in [1.82, 2.24) is 10.3 Å². The lowest BCUT2D eigenvalue weighted by molar-refractivity contribution is -0.120. The third-order valence-corrected chi connectivity index (χ3v) is 3.63. The van der Waals surface area contributed by atoms with Crippen molar-refractivity contribution in [3.05, 3.63) is 66.2 Å². The average Bonchev–Trinajstić information content (AvgIpc) is 2.58. The number of aromatic nitrogens is 1. The summed E-state index contributed by atoms with van der Waals surface area (Å²) in [5.41, 5.74) is 1.73. The van der Waals surface area contributed by atoms with Crippen molar-refractivity contribution in [3.8, 4) is 5.75 Å². The molecule has 3 N–H and O–H groups in total. The van der Waals surface area contributed by atoms with Gasteiger partial charge in [0, 0.05) is 18.5 Å². The third kappa shape index (κ3) is 4.23. The number of carbonyl (C=O) groups excluding carboxylic acids is 1. The van der Waals surface area contributed by atoms with Crippen LogP contribution in [0.25, 0.3) is 10.9 Å². The minimum atomic E-state index is -0.0751. The van der Waals surface area contributed by atoms with Gasteiger partial charge in [0.1, 0.15) is 11.6 Å². The van der Waals surface area contributed by atoms with E-state index in [1.165, 1.54) is 0 Å². The molecule has 2 aromatic carbocycles. The number of benzene rings is 2. The normalized spacial score (nSPS) is 10.5. The van der Waals surface area contributed by atoms with Gasteiger partial charge in [0.2, 0.25) is 5.91 Å². The predicted molar refractivity (Wildman–Crippen MR) is 95.1 cm³/mol. The van der Waals surface area contributed by atoms with E-state index in [0.29, 0.717) is 13.1 Å². The van der Waals surface area contributed by atoms with Crippen LogP contribution in [-0.2, 0) is 11.2 Å². The highest BCUT2D eigenvalue weighted by Gasteiger charge is 2.03. The maximum atomic E-state index is 11.9. The first kappa shape index (κ1) is 15.8. The number of phenols is 1. The molecule has 0 bridgehead atoms. The van der Waals surface area contributed by atoms with Crippen molar-refractivity contribution in [3.63, 3.8) is 0 Å². The Kier molecular flexibility index (Phi) is 4.91. The van der Waals surface area contributed by atoms with Crippen molar-refractivity contribution in [2.45, 2.75) is 6.42 Å². The van der Waals surface area contributed by atoms with Crippen LogP contribution in [0.3, 0.4) is 0 Å². The summed E-state index contributed by atoms with van der Waals surface area (Å²) in [6.45, 7) is 1.10. The number of rotatable bonds is 6. The molecule has 3 aromatic rings. The Labute approximate surface area is 140 Å². The van der Waals surface area contributed by atoms with Crippen molar-refractivity contribution in [1.29, 1.82) is 0 Å². The van der Waals surface area contributed by atoms with Gasteiger partial charge in [-0.15, -0.1) is 0 Å². The van der Waals surface area contributed by atoms with E-state index in [2.05, 4.69) is 15.6 Å². The van der Waals surface area contributed by atoms with E-state index >= 15 is 0 Å². The molecule has 0 unspecified atom stereocenters. The fourth-order valence-corrected chi connectivity index (χ4v) is 2.47. The number of nitrogens with zero attached hydrogens (tertiary/aromatic N) is 1. The molecule has 3 rings (SSSR count). The van der Waals surface area contributed by atoms with Gasteiger partial charge >= 0.3 is 0 Å². The molecule has 5 nitrogen and oxygen atoms in total. The van der Waals surface area contributed by atoms with Crippen molar-refractivity contribution < 1.29 is 9.90 Å². The minimum Gasteiger partial charge on any atom is -0.508 e. The number of hydrogen-bond donors (Lipinski definition) is 3. The number of para-hydroxylation sites is 1. The number of fused-ring (bicyclic) bond motifs is 1. The van der Waals surface area contributed by atoms with Gasteiger partial charge in [0.05, 0.1) is 11.9 Å². The summed E-state index contributed by atoms with van der Waals surface area (Å²) in [6, 6.07) is 18.6. The Hall–Kier alpha value is -3.08. The molecule has 0 aliphatic heterocycles. The summed E-state index contributed by atoms with van der Waals surface area (Å²) in [4.78, 5) is 16.4. The van der Waals surface area contributed by atoms with E-state index in [4.69, 9.17) is 0 Å². The van der Waals surface area contributed by atoms with E-state index in [1.54, 1.807) is 18.2 Å². The standard InChI is InChI=1S/C19H19N3O2/c23-16-6-3-4-14(12-16)13-19(24)21-11-10-20-18-9-8-15-5-1-2-7-17(15)22-18/h1-9,12,23H,10-11,13H2,(H,20,22)(H,21,24). The zero-order valence-electron chi connectivity index (χ0n) is 13.2. The van der Waals surface area contributed by atoms with E-state index in [-0.39, 0.29) is 18.1 Å². The fraction of sp³-hybridized carbons (Fsp3) is 0.158. The molecule has 0 aliphatic carbocycles. The van der Waals surface area contributed by atoms with Crippen LogP contribution in [-0.4, -0.2) is 29.1 Å². The van der Waals surface area contributed by atoms with Crippen LogP contribution in [0.5, 0.6) is 5.75 Å². The van der Waals surface area contributed by atoms with Crippen molar-refractivity contribution >= 4 is 22.6 Å². The van der Waals surface area contributed by atoms with Crippen LogP contribution in [0.4, 0.5) is 5.82 Å². The summed E-state index contributed by atoms with van der Waals surface area (Å²) in [5.74, 6) is 0.883. The van der Waals surface area contributed by atoms with Crippen LogP contribution < -0.4 is 10.6 Å². The van der Waals surface area contributed by atoms with E-state index in [9.17, 15) is 9.90 Å². The third-order valence-electron chi connectivity index (χ3n) is 3.63. The first-order valence-corrected chi connectivity index (χ1v) is 7.85. The second-order valence-electron chi connectivity index (χ2n) is 5.51. The summed E-state index contributed by atoms with van der Waals surface area (Å²) >= 11 is 0. The summed E-state index contributed by atoms with van der Waals surface area (Å²) in [7, 11) is 0. The van der Waals surface area contributed by atoms with Gasteiger partial charge in [0.15, 0.2) is 0 Å². The maximum absolute atomic E-state index is 11.9. The van der Waals surface area contributed by atoms with Gasteiger partial charge < -0.3 is 15.7 Å². The van der Waals surface area contributed by atoms with Crippen LogP contribution in [0.2, 0.25) is 0 Å². The molecule has 0 aliphatic rings. The Bertz CT molecular complexity index is 849. The number of aromatic hydroxyl groups is 1.